The zero-order valence-electron chi connectivity index (χ0n) is 7.32. The van der Waals surface area contributed by atoms with Crippen molar-refractivity contribution in [3.05, 3.63) is 24.4 Å². The van der Waals surface area contributed by atoms with Gasteiger partial charge in [0.25, 0.3) is 0 Å². The predicted octanol–water partition coefficient (Wildman–Crippen LogP) is 0.806. The molecule has 0 fully saturated rings. The van der Waals surface area contributed by atoms with E-state index in [1.165, 1.54) is 4.68 Å². The van der Waals surface area contributed by atoms with Crippen molar-refractivity contribution >= 4 is 17.3 Å². The molecule has 0 bridgehead atoms. The van der Waals surface area contributed by atoms with Crippen LogP contribution in [-0.4, -0.2) is 26.5 Å². The molecule has 1 heterocycles. The number of rotatable bonds is 2. The highest BCUT2D eigenvalue weighted by Crippen LogP contribution is 2.07. The van der Waals surface area contributed by atoms with Gasteiger partial charge in [0.05, 0.1) is 0 Å². The second kappa shape index (κ2) is 4.04. The summed E-state index contributed by atoms with van der Waals surface area (Å²) in [6.45, 7) is 5.95. The molecular formula is C8H11N3OS. The zero-order chi connectivity index (χ0) is 9.84. The summed E-state index contributed by atoms with van der Waals surface area (Å²) < 4.78 is 1.47. The molecule has 5 heteroatoms. The van der Waals surface area contributed by atoms with Crippen molar-refractivity contribution in [2.45, 2.75) is 6.92 Å². The maximum absolute atomic E-state index is 9.07. The minimum absolute atomic E-state index is 0.0275. The van der Waals surface area contributed by atoms with Crippen LogP contribution in [0, 0.1) is 6.92 Å². The van der Waals surface area contributed by atoms with Gasteiger partial charge in [-0.1, -0.05) is 6.08 Å². The fourth-order valence-corrected chi connectivity index (χ4v) is 1.17. The molecule has 70 valence electrons. The Morgan fingerprint density at radius 3 is 3.08 bits per heavy atom. The molecule has 0 saturated heterocycles. The van der Waals surface area contributed by atoms with Crippen molar-refractivity contribution < 1.29 is 5.11 Å². The molecule has 4 nitrogen and oxygen atoms in total. The van der Waals surface area contributed by atoms with Gasteiger partial charge >= 0.3 is 0 Å². The van der Waals surface area contributed by atoms with E-state index in [-0.39, 0.29) is 5.88 Å². The van der Waals surface area contributed by atoms with Crippen LogP contribution >= 0.6 is 12.2 Å². The van der Waals surface area contributed by atoms with Crippen molar-refractivity contribution in [3.63, 3.8) is 0 Å². The topological polar surface area (TPSA) is 50.1 Å². The molecule has 0 aliphatic rings. The van der Waals surface area contributed by atoms with E-state index in [1.807, 2.05) is 6.92 Å². The van der Waals surface area contributed by atoms with E-state index >= 15 is 0 Å². The van der Waals surface area contributed by atoms with E-state index in [0.717, 1.165) is 5.69 Å². The second-order valence-electron chi connectivity index (χ2n) is 2.53. The number of nitrogens with one attached hydrogen (secondary N) is 1. The summed E-state index contributed by atoms with van der Waals surface area (Å²) in [7, 11) is 0. The van der Waals surface area contributed by atoms with Gasteiger partial charge < -0.3 is 10.4 Å². The monoisotopic (exact) mass is 197 g/mol. The van der Waals surface area contributed by atoms with Crippen LogP contribution in [0.25, 0.3) is 0 Å². The molecule has 13 heavy (non-hydrogen) atoms. The van der Waals surface area contributed by atoms with Gasteiger partial charge in [-0.3, -0.25) is 0 Å². The first-order valence-corrected chi connectivity index (χ1v) is 4.20. The lowest BCUT2D eigenvalue weighted by Gasteiger charge is -2.05. The van der Waals surface area contributed by atoms with Crippen molar-refractivity contribution in [2.24, 2.45) is 0 Å². The molecule has 0 amide bonds. The molecule has 0 aromatic carbocycles. The van der Waals surface area contributed by atoms with Gasteiger partial charge in [-0.25, -0.2) is 4.68 Å². The molecule has 2 N–H and O–H groups in total. The fourth-order valence-electron chi connectivity index (χ4n) is 0.898. The molecule has 1 aromatic rings. The zero-order valence-corrected chi connectivity index (χ0v) is 8.14. The lowest BCUT2D eigenvalue weighted by molar-refractivity contribution is 0.449. The summed E-state index contributed by atoms with van der Waals surface area (Å²) >= 11 is 5.02. The van der Waals surface area contributed by atoms with Gasteiger partial charge in [0, 0.05) is 18.3 Å². The Kier molecular flexibility index (Phi) is 3.02. The molecule has 0 saturated carbocycles. The molecule has 1 aromatic heterocycles. The normalized spacial score (nSPS) is 9.62. The largest absolute Gasteiger partial charge is 0.492 e. The number of hydrogen-bond acceptors (Lipinski definition) is 3. The average Bonchev–Trinajstić information content (AvgIpc) is 2.41. The average molecular weight is 197 g/mol. The molecule has 0 radical (unpaired) electrons. The van der Waals surface area contributed by atoms with E-state index in [0.29, 0.717) is 11.7 Å². The molecule has 0 aliphatic heterocycles. The Labute approximate surface area is 81.9 Å². The third-order valence-corrected chi connectivity index (χ3v) is 1.78. The van der Waals surface area contributed by atoms with Gasteiger partial charge in [-0.15, -0.1) is 11.7 Å². The molecule has 0 atom stereocenters. The van der Waals surface area contributed by atoms with Crippen LogP contribution in [0.2, 0.25) is 0 Å². The van der Waals surface area contributed by atoms with Gasteiger partial charge in [-0.2, -0.15) is 0 Å². The number of nitrogens with zero attached hydrogens (tertiary/aromatic N) is 2. The van der Waals surface area contributed by atoms with Crippen LogP contribution < -0.4 is 5.32 Å². The summed E-state index contributed by atoms with van der Waals surface area (Å²) in [5.41, 5.74) is 0.791. The summed E-state index contributed by atoms with van der Waals surface area (Å²) in [6.07, 6.45) is 1.70. The fraction of sp³-hybridized carbons (Fsp3) is 0.250. The molecule has 0 aliphatic carbocycles. The Morgan fingerprint density at radius 2 is 2.62 bits per heavy atom. The number of thiocarbonyl (C=S) groups is 1. The van der Waals surface area contributed by atoms with Crippen molar-refractivity contribution in [2.75, 3.05) is 6.54 Å². The van der Waals surface area contributed by atoms with Crippen LogP contribution in [0.3, 0.4) is 0 Å². The Hall–Kier alpha value is -1.36. The van der Waals surface area contributed by atoms with Crippen LogP contribution in [-0.2, 0) is 0 Å². The second-order valence-corrected chi connectivity index (χ2v) is 2.92. The maximum atomic E-state index is 9.07. The van der Waals surface area contributed by atoms with E-state index in [9.17, 15) is 0 Å². The molecule has 0 spiro atoms. The molecule has 1 rings (SSSR count). The van der Waals surface area contributed by atoms with Crippen LogP contribution in [0.15, 0.2) is 18.7 Å². The van der Waals surface area contributed by atoms with Crippen molar-refractivity contribution in [3.8, 4) is 5.88 Å². The maximum Gasteiger partial charge on any atom is 0.231 e. The number of hydrogen-bond donors (Lipinski definition) is 2. The van der Waals surface area contributed by atoms with E-state index in [1.54, 1.807) is 12.1 Å². The first-order valence-electron chi connectivity index (χ1n) is 3.80. The smallest absolute Gasteiger partial charge is 0.231 e. The highest BCUT2D eigenvalue weighted by atomic mass is 32.1. The Morgan fingerprint density at radius 1 is 1.92 bits per heavy atom. The minimum Gasteiger partial charge on any atom is -0.492 e. The summed E-state index contributed by atoms with van der Waals surface area (Å²) in [5.74, 6) is -0.0275. The van der Waals surface area contributed by atoms with E-state index in [2.05, 4.69) is 17.0 Å². The Bertz CT molecular complexity index is 332. The number of aromatic nitrogens is 2. The lowest BCUT2D eigenvalue weighted by Crippen LogP contribution is -2.29. The highest BCUT2D eigenvalue weighted by Gasteiger charge is 2.05. The van der Waals surface area contributed by atoms with Gasteiger partial charge in [0.15, 0.2) is 5.11 Å². The first-order chi connectivity index (χ1) is 6.15. The third-order valence-electron chi connectivity index (χ3n) is 1.46. The standard InChI is InChI=1S/C8H11N3OS/c1-3-4-9-8(13)11-6(2)5-7(12)10-11/h3,5H,1,4H2,2H3,(H,9,13)(H,10,12). The Balaban J connectivity index is 2.76. The predicted molar refractivity (Wildman–Crippen MR) is 54.8 cm³/mol. The van der Waals surface area contributed by atoms with Crippen molar-refractivity contribution in [1.29, 1.82) is 0 Å². The van der Waals surface area contributed by atoms with Gasteiger partial charge in [-0.05, 0) is 19.1 Å². The number of aromatic hydroxyl groups is 1. The minimum atomic E-state index is -0.0275. The third kappa shape index (κ3) is 2.29. The van der Waals surface area contributed by atoms with Gasteiger partial charge in [0.1, 0.15) is 0 Å². The van der Waals surface area contributed by atoms with E-state index < -0.39 is 0 Å². The SMILES string of the molecule is C=CCNC(=S)n1nc(O)cc1C. The van der Waals surface area contributed by atoms with E-state index in [4.69, 9.17) is 17.3 Å². The highest BCUT2D eigenvalue weighted by molar-refractivity contribution is 7.80. The van der Waals surface area contributed by atoms with Crippen molar-refractivity contribution in [1.82, 2.24) is 15.1 Å². The summed E-state index contributed by atoms with van der Waals surface area (Å²) in [4.78, 5) is 0. The number of aryl methyl sites for hydroxylation is 1. The van der Waals surface area contributed by atoms with Crippen LogP contribution in [0.4, 0.5) is 0 Å². The first kappa shape index (κ1) is 9.73. The molecular weight excluding hydrogens is 186 g/mol. The molecule has 0 unspecified atom stereocenters. The quantitative estimate of drug-likeness (QED) is 0.544. The van der Waals surface area contributed by atoms with Crippen LogP contribution in [0.1, 0.15) is 5.69 Å². The summed E-state index contributed by atoms with van der Waals surface area (Å²) in [6, 6.07) is 1.54. The summed E-state index contributed by atoms with van der Waals surface area (Å²) in [5, 5.41) is 16.2. The lowest BCUT2D eigenvalue weighted by atomic mass is 10.5. The van der Waals surface area contributed by atoms with Gasteiger partial charge in [0.2, 0.25) is 5.88 Å². The van der Waals surface area contributed by atoms with Crippen LogP contribution in [0.5, 0.6) is 5.88 Å².